The summed E-state index contributed by atoms with van der Waals surface area (Å²) in [7, 11) is 0. The Kier molecular flexibility index (Phi) is 4.94. The fourth-order valence-electron chi connectivity index (χ4n) is 1.42. The van der Waals surface area contributed by atoms with Gasteiger partial charge in [-0.2, -0.15) is 11.8 Å². The lowest BCUT2D eigenvalue weighted by atomic mass is 10.3. The number of nitrogens with one attached hydrogen (secondary N) is 1. The Morgan fingerprint density at radius 3 is 3.00 bits per heavy atom. The molecule has 1 heterocycles. The Bertz CT molecular complexity index is 311. The number of rotatable bonds is 7. The topological polar surface area (TPSA) is 24.9 Å². The van der Waals surface area contributed by atoms with E-state index in [9.17, 15) is 0 Å². The molecule has 0 aliphatic heterocycles. The molecule has 0 unspecified atom stereocenters. The SMILES string of the molecule is Clc1ccc(CNCCSCC2CC2)cn1. The molecule has 0 bridgehead atoms. The first kappa shape index (κ1) is 12.2. The lowest BCUT2D eigenvalue weighted by Crippen LogP contribution is -2.16. The van der Waals surface area contributed by atoms with Crippen molar-refractivity contribution in [3.05, 3.63) is 29.0 Å². The second kappa shape index (κ2) is 6.48. The van der Waals surface area contributed by atoms with Crippen LogP contribution in [0.25, 0.3) is 0 Å². The second-order valence-electron chi connectivity index (χ2n) is 4.18. The minimum absolute atomic E-state index is 0.559. The van der Waals surface area contributed by atoms with Crippen LogP contribution in [0.3, 0.4) is 0 Å². The van der Waals surface area contributed by atoms with Gasteiger partial charge in [-0.15, -0.1) is 0 Å². The van der Waals surface area contributed by atoms with E-state index in [0.717, 1.165) is 19.0 Å². The molecule has 4 heteroatoms. The van der Waals surface area contributed by atoms with Gasteiger partial charge in [0.1, 0.15) is 5.15 Å². The van der Waals surface area contributed by atoms with Crippen molar-refractivity contribution < 1.29 is 0 Å². The number of thioether (sulfide) groups is 1. The minimum atomic E-state index is 0.559. The molecule has 1 aliphatic carbocycles. The molecule has 0 atom stereocenters. The van der Waals surface area contributed by atoms with Crippen molar-refractivity contribution >= 4 is 23.4 Å². The van der Waals surface area contributed by atoms with Gasteiger partial charge >= 0.3 is 0 Å². The fourth-order valence-corrected chi connectivity index (χ4v) is 2.66. The van der Waals surface area contributed by atoms with Crippen molar-refractivity contribution in [3.63, 3.8) is 0 Å². The van der Waals surface area contributed by atoms with E-state index in [2.05, 4.69) is 22.1 Å². The van der Waals surface area contributed by atoms with Crippen LogP contribution in [0, 0.1) is 5.92 Å². The van der Waals surface area contributed by atoms with Crippen LogP contribution < -0.4 is 5.32 Å². The second-order valence-corrected chi connectivity index (χ2v) is 5.72. The van der Waals surface area contributed by atoms with Crippen molar-refractivity contribution in [2.24, 2.45) is 5.92 Å². The van der Waals surface area contributed by atoms with E-state index in [1.54, 1.807) is 0 Å². The summed E-state index contributed by atoms with van der Waals surface area (Å²) >= 11 is 7.78. The molecule has 0 saturated heterocycles. The quantitative estimate of drug-likeness (QED) is 0.600. The molecule has 1 saturated carbocycles. The Labute approximate surface area is 106 Å². The van der Waals surface area contributed by atoms with Gasteiger partial charge in [0.2, 0.25) is 0 Å². The van der Waals surface area contributed by atoms with Gasteiger partial charge < -0.3 is 5.32 Å². The highest BCUT2D eigenvalue weighted by atomic mass is 35.5. The smallest absolute Gasteiger partial charge is 0.129 e. The summed E-state index contributed by atoms with van der Waals surface area (Å²) in [6.07, 6.45) is 4.74. The lowest BCUT2D eigenvalue weighted by molar-refractivity contribution is 0.729. The van der Waals surface area contributed by atoms with Gasteiger partial charge in [0.15, 0.2) is 0 Å². The van der Waals surface area contributed by atoms with Crippen LogP contribution in [-0.2, 0) is 6.54 Å². The fraction of sp³-hybridized carbons (Fsp3) is 0.583. The summed E-state index contributed by atoms with van der Waals surface area (Å²) < 4.78 is 0. The zero-order chi connectivity index (χ0) is 11.2. The molecule has 1 aromatic heterocycles. The molecule has 2 nitrogen and oxygen atoms in total. The molecule has 1 N–H and O–H groups in total. The largest absolute Gasteiger partial charge is 0.312 e. The molecule has 16 heavy (non-hydrogen) atoms. The van der Waals surface area contributed by atoms with Crippen LogP contribution in [0.5, 0.6) is 0 Å². The number of pyridine rings is 1. The normalized spacial score (nSPS) is 15.3. The van der Waals surface area contributed by atoms with Crippen LogP contribution in [0.1, 0.15) is 18.4 Å². The van der Waals surface area contributed by atoms with Crippen molar-refractivity contribution in [2.45, 2.75) is 19.4 Å². The van der Waals surface area contributed by atoms with E-state index in [0.29, 0.717) is 5.15 Å². The number of halogens is 1. The van der Waals surface area contributed by atoms with E-state index in [1.807, 2.05) is 18.3 Å². The Hall–Kier alpha value is -0.250. The first-order valence-electron chi connectivity index (χ1n) is 5.73. The van der Waals surface area contributed by atoms with Gasteiger partial charge in [-0.3, -0.25) is 0 Å². The third-order valence-corrected chi connectivity index (χ3v) is 4.01. The third kappa shape index (κ3) is 4.73. The van der Waals surface area contributed by atoms with Gasteiger partial charge in [0, 0.05) is 25.0 Å². The summed E-state index contributed by atoms with van der Waals surface area (Å²) in [6.45, 7) is 1.95. The molecule has 0 spiro atoms. The molecule has 1 aromatic rings. The Morgan fingerprint density at radius 2 is 2.31 bits per heavy atom. The molecule has 88 valence electrons. The Balaban J connectivity index is 1.51. The van der Waals surface area contributed by atoms with Crippen molar-refractivity contribution in [1.29, 1.82) is 0 Å². The zero-order valence-electron chi connectivity index (χ0n) is 9.29. The summed E-state index contributed by atoms with van der Waals surface area (Å²) in [5.74, 6) is 3.59. The average Bonchev–Trinajstić information content (AvgIpc) is 3.10. The summed E-state index contributed by atoms with van der Waals surface area (Å²) in [5, 5.41) is 3.97. The summed E-state index contributed by atoms with van der Waals surface area (Å²) in [5.41, 5.74) is 1.19. The van der Waals surface area contributed by atoms with E-state index in [1.165, 1.54) is 29.9 Å². The number of aromatic nitrogens is 1. The van der Waals surface area contributed by atoms with Crippen LogP contribution in [0.2, 0.25) is 5.15 Å². The highest BCUT2D eigenvalue weighted by Crippen LogP contribution is 2.32. The number of hydrogen-bond acceptors (Lipinski definition) is 3. The van der Waals surface area contributed by atoms with Crippen molar-refractivity contribution in [1.82, 2.24) is 10.3 Å². The molecule has 0 amide bonds. The maximum absolute atomic E-state index is 5.71. The molecule has 0 radical (unpaired) electrons. The molecule has 0 aromatic carbocycles. The average molecular weight is 257 g/mol. The predicted octanol–water partition coefficient (Wildman–Crippen LogP) is 2.97. The van der Waals surface area contributed by atoms with E-state index in [4.69, 9.17) is 11.6 Å². The van der Waals surface area contributed by atoms with Crippen LogP contribution >= 0.6 is 23.4 Å². The zero-order valence-corrected chi connectivity index (χ0v) is 10.9. The van der Waals surface area contributed by atoms with E-state index < -0.39 is 0 Å². The van der Waals surface area contributed by atoms with E-state index >= 15 is 0 Å². The van der Waals surface area contributed by atoms with E-state index in [-0.39, 0.29) is 0 Å². The Morgan fingerprint density at radius 1 is 1.44 bits per heavy atom. The number of nitrogens with zero attached hydrogens (tertiary/aromatic N) is 1. The van der Waals surface area contributed by atoms with Crippen molar-refractivity contribution in [3.8, 4) is 0 Å². The maximum atomic E-state index is 5.71. The lowest BCUT2D eigenvalue weighted by Gasteiger charge is -2.04. The van der Waals surface area contributed by atoms with Gasteiger partial charge in [0.05, 0.1) is 0 Å². The summed E-state index contributed by atoms with van der Waals surface area (Å²) in [4.78, 5) is 4.05. The maximum Gasteiger partial charge on any atom is 0.129 e. The van der Waals surface area contributed by atoms with Crippen LogP contribution in [-0.4, -0.2) is 23.0 Å². The standard InChI is InChI=1S/C12H17ClN2S/c13-12-4-3-11(8-15-12)7-14-5-6-16-9-10-1-2-10/h3-4,8,10,14H,1-2,5-7,9H2. The molecule has 1 fully saturated rings. The molecular formula is C12H17ClN2S. The first-order valence-corrected chi connectivity index (χ1v) is 7.27. The molecular weight excluding hydrogens is 240 g/mol. The monoisotopic (exact) mass is 256 g/mol. The van der Waals surface area contributed by atoms with Crippen LogP contribution in [0.15, 0.2) is 18.3 Å². The van der Waals surface area contributed by atoms with Gasteiger partial charge in [-0.1, -0.05) is 17.7 Å². The molecule has 1 aliphatic rings. The highest BCUT2D eigenvalue weighted by Gasteiger charge is 2.20. The highest BCUT2D eigenvalue weighted by molar-refractivity contribution is 7.99. The first-order chi connectivity index (χ1) is 7.84. The number of hydrogen-bond donors (Lipinski definition) is 1. The minimum Gasteiger partial charge on any atom is -0.312 e. The van der Waals surface area contributed by atoms with Crippen molar-refractivity contribution in [2.75, 3.05) is 18.1 Å². The summed E-state index contributed by atoms with van der Waals surface area (Å²) in [6, 6.07) is 3.85. The third-order valence-electron chi connectivity index (χ3n) is 2.59. The van der Waals surface area contributed by atoms with Gasteiger partial charge in [-0.25, -0.2) is 4.98 Å². The van der Waals surface area contributed by atoms with Crippen LogP contribution in [0.4, 0.5) is 0 Å². The predicted molar refractivity (Wildman–Crippen MR) is 71.0 cm³/mol. The van der Waals surface area contributed by atoms with Gasteiger partial charge in [-0.05, 0) is 36.1 Å². The molecule has 2 rings (SSSR count). The van der Waals surface area contributed by atoms with Gasteiger partial charge in [0.25, 0.3) is 0 Å².